The highest BCUT2D eigenvalue weighted by Crippen LogP contribution is 2.30. The predicted octanol–water partition coefficient (Wildman–Crippen LogP) is 2.04. The third-order valence-electron chi connectivity index (χ3n) is 2.58. The maximum absolute atomic E-state index is 11.9. The summed E-state index contributed by atoms with van der Waals surface area (Å²) >= 11 is 5.76. The summed E-state index contributed by atoms with van der Waals surface area (Å²) in [5.41, 5.74) is 0.663. The molecule has 18 heavy (non-hydrogen) atoms. The summed E-state index contributed by atoms with van der Waals surface area (Å²) in [7, 11) is -3.51. The molecule has 1 aliphatic rings. The Balaban J connectivity index is 2.65. The quantitative estimate of drug-likeness (QED) is 0.617. The van der Waals surface area contributed by atoms with Gasteiger partial charge in [0.05, 0.1) is 17.1 Å². The molecule has 0 spiro atoms. The summed E-state index contributed by atoms with van der Waals surface area (Å²) in [6.07, 6.45) is 1.39. The van der Waals surface area contributed by atoms with Gasteiger partial charge in [0.15, 0.2) is 9.84 Å². The van der Waals surface area contributed by atoms with E-state index in [4.69, 9.17) is 16.3 Å². The van der Waals surface area contributed by atoms with Gasteiger partial charge >= 0.3 is 5.97 Å². The first kappa shape index (κ1) is 13.1. The van der Waals surface area contributed by atoms with Crippen LogP contribution in [0.5, 0.6) is 0 Å². The molecule has 0 saturated carbocycles. The molecule has 1 aliphatic heterocycles. The number of esters is 1. The fraction of sp³-hybridized carbons (Fsp3) is 0.250. The molecule has 96 valence electrons. The lowest BCUT2D eigenvalue weighted by atomic mass is 10.1. The minimum absolute atomic E-state index is 0.0293. The summed E-state index contributed by atoms with van der Waals surface area (Å²) in [5, 5.41) is 0.505. The normalized spacial score (nSPS) is 18.7. The van der Waals surface area contributed by atoms with E-state index in [-0.39, 0.29) is 17.1 Å². The van der Waals surface area contributed by atoms with Crippen LogP contribution in [0, 0.1) is 0 Å². The smallest absolute Gasteiger partial charge is 0.335 e. The monoisotopic (exact) mass is 286 g/mol. The van der Waals surface area contributed by atoms with Gasteiger partial charge in [0.1, 0.15) is 0 Å². The number of benzene rings is 1. The highest BCUT2D eigenvalue weighted by atomic mass is 35.5. The molecule has 0 radical (unpaired) electrons. The van der Waals surface area contributed by atoms with Gasteiger partial charge in [-0.25, -0.2) is 13.2 Å². The SMILES string of the molecule is CS(=O)(=O)/C(=C1/CCOC1=O)c1ccc(Cl)cc1. The van der Waals surface area contributed by atoms with E-state index < -0.39 is 15.8 Å². The number of cyclic esters (lactones) is 1. The van der Waals surface area contributed by atoms with Gasteiger partial charge in [-0.15, -0.1) is 0 Å². The average Bonchev–Trinajstić information content (AvgIpc) is 2.66. The Bertz CT molecular complexity index is 614. The first-order chi connectivity index (χ1) is 8.39. The van der Waals surface area contributed by atoms with Gasteiger partial charge < -0.3 is 4.74 Å². The fourth-order valence-corrected chi connectivity index (χ4v) is 3.18. The molecule has 1 saturated heterocycles. The maximum atomic E-state index is 11.9. The van der Waals surface area contributed by atoms with E-state index in [0.29, 0.717) is 17.0 Å². The second-order valence-electron chi connectivity index (χ2n) is 3.97. The number of hydrogen-bond donors (Lipinski definition) is 0. The summed E-state index contributed by atoms with van der Waals surface area (Å²) in [5.74, 6) is -0.564. The van der Waals surface area contributed by atoms with Crippen molar-refractivity contribution in [1.29, 1.82) is 0 Å². The molecule has 2 rings (SSSR count). The van der Waals surface area contributed by atoms with E-state index in [2.05, 4.69) is 0 Å². The molecule has 0 N–H and O–H groups in total. The highest BCUT2D eigenvalue weighted by molar-refractivity contribution is 8.00. The standard InChI is InChI=1S/C12H11ClO4S/c1-18(15,16)11(10-6-7-17-12(10)14)8-2-4-9(13)5-3-8/h2-5H,6-7H2,1H3/b11-10-. The van der Waals surface area contributed by atoms with Crippen molar-refractivity contribution in [2.45, 2.75) is 6.42 Å². The van der Waals surface area contributed by atoms with Crippen molar-refractivity contribution in [3.8, 4) is 0 Å². The second-order valence-corrected chi connectivity index (χ2v) is 6.36. The predicted molar refractivity (Wildman–Crippen MR) is 68.8 cm³/mol. The Morgan fingerprint density at radius 3 is 2.33 bits per heavy atom. The molecule has 0 atom stereocenters. The first-order valence-corrected chi connectivity index (χ1v) is 7.53. The maximum Gasteiger partial charge on any atom is 0.335 e. The zero-order valence-electron chi connectivity index (χ0n) is 9.64. The Morgan fingerprint density at radius 2 is 1.89 bits per heavy atom. The molecule has 4 nitrogen and oxygen atoms in total. The van der Waals surface area contributed by atoms with Crippen molar-refractivity contribution in [2.24, 2.45) is 0 Å². The summed E-state index contributed by atoms with van der Waals surface area (Å²) < 4.78 is 28.5. The van der Waals surface area contributed by atoms with Crippen molar-refractivity contribution >= 4 is 32.3 Å². The summed E-state index contributed by atoms with van der Waals surface area (Å²) in [6.45, 7) is 0.223. The number of carbonyl (C=O) groups is 1. The molecule has 6 heteroatoms. The van der Waals surface area contributed by atoms with E-state index in [0.717, 1.165) is 6.26 Å². The largest absolute Gasteiger partial charge is 0.462 e. The van der Waals surface area contributed by atoms with Crippen LogP contribution in [0.3, 0.4) is 0 Å². The van der Waals surface area contributed by atoms with Crippen LogP contribution >= 0.6 is 11.6 Å². The van der Waals surface area contributed by atoms with Gasteiger partial charge in [-0.05, 0) is 17.7 Å². The van der Waals surface area contributed by atoms with Crippen LogP contribution in [-0.2, 0) is 19.4 Å². The van der Waals surface area contributed by atoms with Crippen LogP contribution in [0.2, 0.25) is 5.02 Å². The molecule has 0 bridgehead atoms. The summed E-state index contributed by atoms with van der Waals surface area (Å²) in [4.78, 5) is 11.6. The molecule has 0 unspecified atom stereocenters. The van der Waals surface area contributed by atoms with Gasteiger partial charge in [0, 0.05) is 17.7 Å². The molecule has 1 fully saturated rings. The van der Waals surface area contributed by atoms with Crippen LogP contribution in [0.25, 0.3) is 4.91 Å². The first-order valence-electron chi connectivity index (χ1n) is 5.26. The van der Waals surface area contributed by atoms with Crippen LogP contribution in [-0.4, -0.2) is 27.2 Å². The van der Waals surface area contributed by atoms with Crippen LogP contribution in [0.4, 0.5) is 0 Å². The Labute approximate surface area is 110 Å². The number of rotatable bonds is 2. The molecule has 1 aromatic rings. The molecule has 1 heterocycles. The van der Waals surface area contributed by atoms with Crippen LogP contribution < -0.4 is 0 Å². The number of ether oxygens (including phenoxy) is 1. The number of hydrogen-bond acceptors (Lipinski definition) is 4. The van der Waals surface area contributed by atoms with Crippen molar-refractivity contribution < 1.29 is 17.9 Å². The third kappa shape index (κ3) is 2.57. The van der Waals surface area contributed by atoms with Gasteiger partial charge in [-0.2, -0.15) is 0 Å². The number of sulfone groups is 1. The fourth-order valence-electron chi connectivity index (χ4n) is 1.85. The molecular weight excluding hydrogens is 276 g/mol. The van der Waals surface area contributed by atoms with Crippen molar-refractivity contribution in [1.82, 2.24) is 0 Å². The zero-order valence-corrected chi connectivity index (χ0v) is 11.2. The molecule has 1 aromatic carbocycles. The number of halogens is 1. The Hall–Kier alpha value is -1.33. The number of carbonyl (C=O) groups excluding carboxylic acids is 1. The lowest BCUT2D eigenvalue weighted by Gasteiger charge is -2.08. The molecule has 0 aromatic heterocycles. The molecule has 0 amide bonds. The third-order valence-corrected chi connectivity index (χ3v) is 4.06. The van der Waals surface area contributed by atoms with Crippen molar-refractivity contribution in [3.05, 3.63) is 40.4 Å². The highest BCUT2D eigenvalue weighted by Gasteiger charge is 2.29. The Morgan fingerprint density at radius 1 is 1.28 bits per heavy atom. The lowest BCUT2D eigenvalue weighted by molar-refractivity contribution is -0.135. The topological polar surface area (TPSA) is 60.4 Å². The van der Waals surface area contributed by atoms with Crippen LogP contribution in [0.15, 0.2) is 29.8 Å². The molecular formula is C12H11ClO4S. The van der Waals surface area contributed by atoms with Crippen LogP contribution in [0.1, 0.15) is 12.0 Å². The van der Waals surface area contributed by atoms with E-state index in [1.165, 1.54) is 0 Å². The average molecular weight is 287 g/mol. The van der Waals surface area contributed by atoms with E-state index >= 15 is 0 Å². The second kappa shape index (κ2) is 4.74. The Kier molecular flexibility index (Phi) is 3.45. The van der Waals surface area contributed by atoms with Gasteiger partial charge in [0.25, 0.3) is 0 Å². The molecule has 0 aliphatic carbocycles. The lowest BCUT2D eigenvalue weighted by Crippen LogP contribution is -2.07. The summed E-state index contributed by atoms with van der Waals surface area (Å²) in [6, 6.07) is 6.33. The van der Waals surface area contributed by atoms with Crippen molar-refractivity contribution in [2.75, 3.05) is 12.9 Å². The minimum Gasteiger partial charge on any atom is -0.462 e. The van der Waals surface area contributed by atoms with E-state index in [1.54, 1.807) is 24.3 Å². The van der Waals surface area contributed by atoms with Gasteiger partial charge in [-0.1, -0.05) is 23.7 Å². The minimum atomic E-state index is -3.51. The van der Waals surface area contributed by atoms with E-state index in [1.807, 2.05) is 0 Å². The zero-order chi connectivity index (χ0) is 13.3. The van der Waals surface area contributed by atoms with Gasteiger partial charge in [0.2, 0.25) is 0 Å². The van der Waals surface area contributed by atoms with Gasteiger partial charge in [-0.3, -0.25) is 0 Å². The van der Waals surface area contributed by atoms with Crippen molar-refractivity contribution in [3.63, 3.8) is 0 Å². The van der Waals surface area contributed by atoms with E-state index in [9.17, 15) is 13.2 Å².